The molecule has 2 aliphatic rings. The van der Waals surface area contributed by atoms with E-state index < -0.39 is 0 Å². The first kappa shape index (κ1) is 19.0. The van der Waals surface area contributed by atoms with Crippen molar-refractivity contribution in [2.45, 2.75) is 38.6 Å². The number of amides is 1. The van der Waals surface area contributed by atoms with E-state index in [1.54, 1.807) is 0 Å². The number of hydrogen-bond donors (Lipinski definition) is 1. The summed E-state index contributed by atoms with van der Waals surface area (Å²) in [4.78, 5) is 17.6. The fourth-order valence-corrected chi connectivity index (χ4v) is 4.35. The summed E-state index contributed by atoms with van der Waals surface area (Å²) in [5, 5.41) is 3.13. The lowest BCUT2D eigenvalue weighted by Gasteiger charge is -2.31. The molecule has 1 amide bonds. The van der Waals surface area contributed by atoms with Gasteiger partial charge in [0.15, 0.2) is 0 Å². The predicted molar refractivity (Wildman–Crippen MR) is 116 cm³/mol. The molecule has 0 aromatic heterocycles. The molecule has 4 rings (SSSR count). The highest BCUT2D eigenvalue weighted by atomic mass is 16.1. The zero-order chi connectivity index (χ0) is 19.2. The molecule has 4 heteroatoms. The molecule has 1 N–H and O–H groups in total. The number of piperidine rings is 2. The second-order valence-electron chi connectivity index (χ2n) is 8.12. The second-order valence-corrected chi connectivity index (χ2v) is 8.12. The maximum atomic E-state index is 12.7. The van der Waals surface area contributed by atoms with Gasteiger partial charge in [0, 0.05) is 36.9 Å². The third-order valence-corrected chi connectivity index (χ3v) is 6.06. The molecule has 2 heterocycles. The largest absolute Gasteiger partial charge is 0.372 e. The van der Waals surface area contributed by atoms with Crippen molar-refractivity contribution < 1.29 is 4.79 Å². The van der Waals surface area contributed by atoms with Crippen LogP contribution in [-0.2, 0) is 11.3 Å². The minimum atomic E-state index is 0.119. The van der Waals surface area contributed by atoms with Gasteiger partial charge in [-0.25, -0.2) is 0 Å². The van der Waals surface area contributed by atoms with Crippen molar-refractivity contribution in [3.05, 3.63) is 60.2 Å². The molecule has 0 saturated carbocycles. The number of nitrogens with one attached hydrogen (secondary N) is 1. The summed E-state index contributed by atoms with van der Waals surface area (Å²) in [6.07, 6.45) is 5.77. The number of anilines is 2. The normalized spacial score (nSPS) is 18.8. The molecule has 2 aliphatic heterocycles. The first-order chi connectivity index (χ1) is 13.8. The van der Waals surface area contributed by atoms with Crippen LogP contribution in [0.3, 0.4) is 0 Å². The van der Waals surface area contributed by atoms with Gasteiger partial charge in [0.05, 0.1) is 0 Å². The van der Waals surface area contributed by atoms with Crippen molar-refractivity contribution in [2.75, 3.05) is 36.4 Å². The lowest BCUT2D eigenvalue weighted by Crippen LogP contribution is -2.37. The zero-order valence-corrected chi connectivity index (χ0v) is 16.6. The van der Waals surface area contributed by atoms with E-state index in [1.807, 2.05) is 12.1 Å². The topological polar surface area (TPSA) is 35.6 Å². The van der Waals surface area contributed by atoms with Gasteiger partial charge in [-0.2, -0.15) is 0 Å². The van der Waals surface area contributed by atoms with Crippen LogP contribution in [-0.4, -0.2) is 37.0 Å². The first-order valence-corrected chi connectivity index (χ1v) is 10.7. The van der Waals surface area contributed by atoms with E-state index in [9.17, 15) is 4.79 Å². The average molecular weight is 378 g/mol. The number of rotatable bonds is 5. The Morgan fingerprint density at radius 2 is 1.54 bits per heavy atom. The molecular weight excluding hydrogens is 346 g/mol. The molecule has 0 spiro atoms. The van der Waals surface area contributed by atoms with Crippen molar-refractivity contribution in [1.29, 1.82) is 0 Å². The molecule has 28 heavy (non-hydrogen) atoms. The summed E-state index contributed by atoms with van der Waals surface area (Å²) in [6, 6.07) is 19.0. The molecule has 2 fully saturated rings. The quantitative estimate of drug-likeness (QED) is 0.832. The van der Waals surface area contributed by atoms with Crippen LogP contribution in [0.2, 0.25) is 0 Å². The SMILES string of the molecule is O=C(Nc1ccc(N2CCCCC2)cc1)C1CCN(Cc2ccccc2)CC1. The number of likely N-dealkylation sites (tertiary alicyclic amines) is 1. The Morgan fingerprint density at radius 1 is 0.857 bits per heavy atom. The fraction of sp³-hybridized carbons (Fsp3) is 0.458. The van der Waals surface area contributed by atoms with Crippen molar-refractivity contribution in [3.63, 3.8) is 0 Å². The molecule has 2 aromatic carbocycles. The van der Waals surface area contributed by atoms with Gasteiger partial charge in [-0.15, -0.1) is 0 Å². The maximum absolute atomic E-state index is 12.7. The third kappa shape index (κ3) is 4.93. The Kier molecular flexibility index (Phi) is 6.27. The number of nitrogens with zero attached hydrogens (tertiary/aromatic N) is 2. The first-order valence-electron chi connectivity index (χ1n) is 10.7. The Hall–Kier alpha value is -2.33. The van der Waals surface area contributed by atoms with Crippen LogP contribution >= 0.6 is 0 Å². The lowest BCUT2D eigenvalue weighted by atomic mass is 9.95. The van der Waals surface area contributed by atoms with Crippen molar-refractivity contribution in [3.8, 4) is 0 Å². The fourth-order valence-electron chi connectivity index (χ4n) is 4.35. The number of hydrogen-bond acceptors (Lipinski definition) is 3. The van der Waals surface area contributed by atoms with Crippen LogP contribution in [0.1, 0.15) is 37.7 Å². The summed E-state index contributed by atoms with van der Waals surface area (Å²) in [5.41, 5.74) is 3.53. The lowest BCUT2D eigenvalue weighted by molar-refractivity contribution is -0.121. The smallest absolute Gasteiger partial charge is 0.227 e. The van der Waals surface area contributed by atoms with Crippen molar-refractivity contribution in [2.24, 2.45) is 5.92 Å². The summed E-state index contributed by atoms with van der Waals surface area (Å²) in [6.45, 7) is 5.25. The maximum Gasteiger partial charge on any atom is 0.227 e. The summed E-state index contributed by atoms with van der Waals surface area (Å²) < 4.78 is 0. The predicted octanol–water partition coefficient (Wildman–Crippen LogP) is 4.53. The van der Waals surface area contributed by atoms with Gasteiger partial charge in [0.25, 0.3) is 0 Å². The zero-order valence-electron chi connectivity index (χ0n) is 16.6. The van der Waals surface area contributed by atoms with Crippen LogP contribution in [0.4, 0.5) is 11.4 Å². The van der Waals surface area contributed by atoms with Gasteiger partial charge in [0.2, 0.25) is 5.91 Å². The van der Waals surface area contributed by atoms with Gasteiger partial charge in [-0.1, -0.05) is 30.3 Å². The molecule has 0 atom stereocenters. The molecule has 4 nitrogen and oxygen atoms in total. The van der Waals surface area contributed by atoms with E-state index in [0.29, 0.717) is 0 Å². The van der Waals surface area contributed by atoms with Crippen molar-refractivity contribution in [1.82, 2.24) is 4.90 Å². The average Bonchev–Trinajstić information content (AvgIpc) is 2.76. The molecular formula is C24H31N3O. The minimum absolute atomic E-state index is 0.119. The molecule has 0 bridgehead atoms. The second kappa shape index (κ2) is 9.24. The highest BCUT2D eigenvalue weighted by molar-refractivity contribution is 5.92. The van der Waals surface area contributed by atoms with Gasteiger partial charge < -0.3 is 10.2 Å². The number of carbonyl (C=O) groups excluding carboxylic acids is 1. The molecule has 2 aromatic rings. The Labute approximate surface area is 168 Å². The highest BCUT2D eigenvalue weighted by Crippen LogP contribution is 2.24. The van der Waals surface area contributed by atoms with E-state index in [-0.39, 0.29) is 11.8 Å². The van der Waals surface area contributed by atoms with E-state index in [2.05, 4.69) is 57.6 Å². The van der Waals surface area contributed by atoms with E-state index in [0.717, 1.165) is 51.3 Å². The summed E-state index contributed by atoms with van der Waals surface area (Å²) in [5.74, 6) is 0.291. The Bertz CT molecular complexity index is 745. The monoisotopic (exact) mass is 377 g/mol. The van der Waals surface area contributed by atoms with Crippen LogP contribution in [0.15, 0.2) is 54.6 Å². The molecule has 148 valence electrons. The Balaban J connectivity index is 1.25. The highest BCUT2D eigenvalue weighted by Gasteiger charge is 2.25. The van der Waals surface area contributed by atoms with Gasteiger partial charge in [0.1, 0.15) is 0 Å². The number of carbonyl (C=O) groups is 1. The van der Waals surface area contributed by atoms with E-state index >= 15 is 0 Å². The Morgan fingerprint density at radius 3 is 2.21 bits per heavy atom. The van der Waals surface area contributed by atoms with Gasteiger partial charge in [-0.05, 0) is 75.0 Å². The van der Waals surface area contributed by atoms with E-state index in [1.165, 1.54) is 30.5 Å². The van der Waals surface area contributed by atoms with E-state index in [4.69, 9.17) is 0 Å². The van der Waals surface area contributed by atoms with Crippen LogP contribution in [0.25, 0.3) is 0 Å². The molecule has 0 aliphatic carbocycles. The standard InChI is InChI=1S/C24H31N3O/c28-24(21-13-17-26(18-14-21)19-20-7-3-1-4-8-20)25-22-9-11-23(12-10-22)27-15-5-2-6-16-27/h1,3-4,7-12,21H,2,5-6,13-19H2,(H,25,28). The molecule has 0 radical (unpaired) electrons. The van der Waals surface area contributed by atoms with Crippen LogP contribution < -0.4 is 10.2 Å². The third-order valence-electron chi connectivity index (χ3n) is 6.06. The number of benzene rings is 2. The van der Waals surface area contributed by atoms with Gasteiger partial charge in [-0.3, -0.25) is 9.69 Å². The van der Waals surface area contributed by atoms with Crippen LogP contribution in [0, 0.1) is 5.92 Å². The summed E-state index contributed by atoms with van der Waals surface area (Å²) in [7, 11) is 0. The summed E-state index contributed by atoms with van der Waals surface area (Å²) >= 11 is 0. The molecule has 2 saturated heterocycles. The molecule has 0 unspecified atom stereocenters. The van der Waals surface area contributed by atoms with Gasteiger partial charge >= 0.3 is 0 Å². The van der Waals surface area contributed by atoms with Crippen molar-refractivity contribution >= 4 is 17.3 Å². The van der Waals surface area contributed by atoms with Crippen LogP contribution in [0.5, 0.6) is 0 Å². The minimum Gasteiger partial charge on any atom is -0.372 e.